The molecule has 1 aromatic rings. The number of ether oxygens (including phenoxy) is 2. The zero-order valence-corrected chi connectivity index (χ0v) is 15.7. The maximum Gasteiger partial charge on any atom is 0.123 e. The van der Waals surface area contributed by atoms with Crippen molar-refractivity contribution in [3.8, 4) is 5.75 Å². The maximum absolute atomic E-state index is 5.75. The third kappa shape index (κ3) is 3.71. The zero-order valence-electron chi connectivity index (χ0n) is 15.7. The first-order valence-corrected chi connectivity index (χ1v) is 9.90. The highest BCUT2D eigenvalue weighted by Gasteiger charge is 2.41. The van der Waals surface area contributed by atoms with Crippen LogP contribution in [0.2, 0.25) is 0 Å². The Morgan fingerprint density at radius 3 is 2.32 bits per heavy atom. The van der Waals surface area contributed by atoms with Crippen LogP contribution in [0, 0.1) is 11.8 Å². The molecule has 3 atom stereocenters. The molecule has 0 radical (unpaired) electrons. The van der Waals surface area contributed by atoms with Crippen LogP contribution >= 0.6 is 0 Å². The molecule has 4 rings (SSSR count). The van der Waals surface area contributed by atoms with Gasteiger partial charge in [-0.15, -0.1) is 0 Å². The molecule has 0 amide bonds. The number of benzene rings is 1. The summed E-state index contributed by atoms with van der Waals surface area (Å²) in [5.41, 5.74) is 2.77. The molecule has 3 aliphatic rings. The fourth-order valence-corrected chi connectivity index (χ4v) is 5.28. The number of hydrogen-bond donors (Lipinski definition) is 0. The minimum absolute atomic E-state index is 0.498. The first kappa shape index (κ1) is 17.3. The van der Waals surface area contributed by atoms with Crippen molar-refractivity contribution >= 4 is 0 Å². The minimum atomic E-state index is 0.498. The van der Waals surface area contributed by atoms with Gasteiger partial charge in [-0.05, 0) is 68.3 Å². The molecule has 1 unspecified atom stereocenters. The third-order valence-corrected chi connectivity index (χ3v) is 6.44. The van der Waals surface area contributed by atoms with Crippen LogP contribution in [0.4, 0.5) is 0 Å². The van der Waals surface area contributed by atoms with Gasteiger partial charge in [0, 0.05) is 38.9 Å². The van der Waals surface area contributed by atoms with Gasteiger partial charge >= 0.3 is 0 Å². The molecule has 25 heavy (non-hydrogen) atoms. The van der Waals surface area contributed by atoms with E-state index >= 15 is 0 Å². The Hall–Kier alpha value is -1.10. The number of rotatable bonds is 6. The van der Waals surface area contributed by atoms with Gasteiger partial charge in [-0.3, -0.25) is 9.80 Å². The predicted molar refractivity (Wildman–Crippen MR) is 99.8 cm³/mol. The SMILES string of the molecule is COc1ccc(CN2C[C@H]3CC[C@@H](C2)C3OC)cc1CN1CCCC1. The summed E-state index contributed by atoms with van der Waals surface area (Å²) in [6.07, 6.45) is 5.83. The third-order valence-electron chi connectivity index (χ3n) is 6.44. The monoisotopic (exact) mass is 344 g/mol. The molecular formula is C21H32N2O2. The fourth-order valence-electron chi connectivity index (χ4n) is 5.28. The zero-order chi connectivity index (χ0) is 17.2. The Morgan fingerprint density at radius 2 is 1.68 bits per heavy atom. The van der Waals surface area contributed by atoms with Crippen molar-refractivity contribution in [3.05, 3.63) is 29.3 Å². The van der Waals surface area contributed by atoms with E-state index in [9.17, 15) is 0 Å². The quantitative estimate of drug-likeness (QED) is 0.791. The van der Waals surface area contributed by atoms with E-state index in [1.807, 2.05) is 7.11 Å². The first-order valence-electron chi connectivity index (χ1n) is 9.90. The van der Waals surface area contributed by atoms with E-state index in [0.29, 0.717) is 6.10 Å². The van der Waals surface area contributed by atoms with Crippen molar-refractivity contribution in [2.24, 2.45) is 11.8 Å². The lowest BCUT2D eigenvalue weighted by Crippen LogP contribution is -2.45. The van der Waals surface area contributed by atoms with E-state index < -0.39 is 0 Å². The highest BCUT2D eigenvalue weighted by molar-refractivity contribution is 5.37. The smallest absolute Gasteiger partial charge is 0.123 e. The van der Waals surface area contributed by atoms with Crippen molar-refractivity contribution in [2.45, 2.75) is 44.9 Å². The predicted octanol–water partition coefficient (Wildman–Crippen LogP) is 3.15. The summed E-state index contributed by atoms with van der Waals surface area (Å²) >= 11 is 0. The number of nitrogens with zero attached hydrogens (tertiary/aromatic N) is 2. The molecule has 138 valence electrons. The van der Waals surface area contributed by atoms with Gasteiger partial charge in [0.15, 0.2) is 0 Å². The lowest BCUT2D eigenvalue weighted by Gasteiger charge is -2.37. The van der Waals surface area contributed by atoms with Gasteiger partial charge in [-0.2, -0.15) is 0 Å². The Balaban J connectivity index is 1.44. The van der Waals surface area contributed by atoms with Gasteiger partial charge in [0.05, 0.1) is 13.2 Å². The molecule has 1 aliphatic carbocycles. The minimum Gasteiger partial charge on any atom is -0.496 e. The van der Waals surface area contributed by atoms with E-state index in [1.165, 1.54) is 63.0 Å². The van der Waals surface area contributed by atoms with Gasteiger partial charge < -0.3 is 9.47 Å². The second kappa shape index (κ2) is 7.65. The molecular weight excluding hydrogens is 312 g/mol. The maximum atomic E-state index is 5.75. The molecule has 1 saturated carbocycles. The molecule has 2 saturated heterocycles. The molecule has 0 aromatic heterocycles. The first-order chi connectivity index (χ1) is 12.3. The highest BCUT2D eigenvalue weighted by Crippen LogP contribution is 2.39. The molecule has 0 N–H and O–H groups in total. The summed E-state index contributed by atoms with van der Waals surface area (Å²) in [7, 11) is 3.68. The summed E-state index contributed by atoms with van der Waals surface area (Å²) in [4.78, 5) is 5.19. The summed E-state index contributed by atoms with van der Waals surface area (Å²) in [5, 5.41) is 0. The van der Waals surface area contributed by atoms with Crippen molar-refractivity contribution in [2.75, 3.05) is 40.4 Å². The van der Waals surface area contributed by atoms with Gasteiger partial charge in [0.1, 0.15) is 5.75 Å². The number of piperidine rings is 1. The van der Waals surface area contributed by atoms with E-state index in [4.69, 9.17) is 9.47 Å². The number of fused-ring (bicyclic) bond motifs is 2. The molecule has 3 fully saturated rings. The second-order valence-corrected chi connectivity index (χ2v) is 8.12. The molecule has 2 heterocycles. The van der Waals surface area contributed by atoms with E-state index in [0.717, 1.165) is 30.7 Å². The molecule has 2 aliphatic heterocycles. The van der Waals surface area contributed by atoms with Crippen LogP contribution in [0.1, 0.15) is 36.8 Å². The summed E-state index contributed by atoms with van der Waals surface area (Å²) in [6, 6.07) is 6.79. The molecule has 2 bridgehead atoms. The average Bonchev–Trinajstić information content (AvgIpc) is 3.21. The number of likely N-dealkylation sites (tertiary alicyclic amines) is 2. The summed E-state index contributed by atoms with van der Waals surface area (Å²) < 4.78 is 11.4. The standard InChI is InChI=1S/C21H32N2O2/c1-24-20-8-5-16(11-19(20)15-22-9-3-4-10-22)12-23-13-17-6-7-18(14-23)21(17)25-2/h5,8,11,17-18,21H,3-4,6-7,9-10,12-15H2,1-2H3/t17-,18+,21?. The number of methoxy groups -OCH3 is 2. The van der Waals surface area contributed by atoms with Crippen molar-refractivity contribution in [1.82, 2.24) is 9.80 Å². The summed E-state index contributed by atoms with van der Waals surface area (Å²) in [6.45, 7) is 6.89. The van der Waals surface area contributed by atoms with Gasteiger partial charge in [0.2, 0.25) is 0 Å². The normalized spacial score (nSPS) is 30.1. The van der Waals surface area contributed by atoms with Gasteiger partial charge in [-0.1, -0.05) is 6.07 Å². The highest BCUT2D eigenvalue weighted by atomic mass is 16.5. The molecule has 4 nitrogen and oxygen atoms in total. The fraction of sp³-hybridized carbons (Fsp3) is 0.714. The Labute approximate surface area is 152 Å². The van der Waals surface area contributed by atoms with Crippen molar-refractivity contribution in [1.29, 1.82) is 0 Å². The van der Waals surface area contributed by atoms with E-state index in [-0.39, 0.29) is 0 Å². The van der Waals surface area contributed by atoms with Crippen LogP contribution in [0.25, 0.3) is 0 Å². The topological polar surface area (TPSA) is 24.9 Å². The second-order valence-electron chi connectivity index (χ2n) is 8.12. The van der Waals surface area contributed by atoms with Crippen LogP contribution in [0.15, 0.2) is 18.2 Å². The largest absolute Gasteiger partial charge is 0.496 e. The van der Waals surface area contributed by atoms with E-state index in [2.05, 4.69) is 28.0 Å². The lowest BCUT2D eigenvalue weighted by atomic mass is 9.94. The van der Waals surface area contributed by atoms with Crippen LogP contribution in [-0.2, 0) is 17.8 Å². The van der Waals surface area contributed by atoms with Crippen LogP contribution in [0.5, 0.6) is 5.75 Å². The summed E-state index contributed by atoms with van der Waals surface area (Å²) in [5.74, 6) is 2.49. The molecule has 4 heteroatoms. The Morgan fingerprint density at radius 1 is 0.960 bits per heavy atom. The Kier molecular flexibility index (Phi) is 5.30. The number of hydrogen-bond acceptors (Lipinski definition) is 4. The van der Waals surface area contributed by atoms with Crippen LogP contribution in [-0.4, -0.2) is 56.3 Å². The Bertz CT molecular complexity index is 571. The van der Waals surface area contributed by atoms with Gasteiger partial charge in [-0.25, -0.2) is 0 Å². The lowest BCUT2D eigenvalue weighted by molar-refractivity contribution is -0.0180. The van der Waals surface area contributed by atoms with Crippen molar-refractivity contribution < 1.29 is 9.47 Å². The molecule has 0 spiro atoms. The van der Waals surface area contributed by atoms with Crippen LogP contribution < -0.4 is 4.74 Å². The average molecular weight is 344 g/mol. The van der Waals surface area contributed by atoms with Crippen molar-refractivity contribution in [3.63, 3.8) is 0 Å². The van der Waals surface area contributed by atoms with E-state index in [1.54, 1.807) is 7.11 Å². The molecule has 1 aromatic carbocycles. The van der Waals surface area contributed by atoms with Crippen LogP contribution in [0.3, 0.4) is 0 Å². The van der Waals surface area contributed by atoms with Gasteiger partial charge in [0.25, 0.3) is 0 Å².